The van der Waals surface area contributed by atoms with Gasteiger partial charge in [0.25, 0.3) is 5.91 Å². The largest absolute Gasteiger partial charge is 0.352 e. The first-order chi connectivity index (χ1) is 12.3. The molecule has 1 aromatic heterocycles. The Morgan fingerprint density at radius 3 is 2.68 bits per heavy atom. The van der Waals surface area contributed by atoms with E-state index in [0.29, 0.717) is 6.54 Å². The van der Waals surface area contributed by atoms with Crippen LogP contribution in [0.3, 0.4) is 0 Å². The molecular weight excluding hydrogens is 330 g/mol. The number of hydrogen-bond acceptors (Lipinski definition) is 3. The van der Waals surface area contributed by atoms with Crippen molar-refractivity contribution >= 4 is 17.7 Å². The van der Waals surface area contributed by atoms with E-state index in [1.54, 1.807) is 24.3 Å². The topological polar surface area (TPSA) is 46.9 Å². The average Bonchev–Trinajstić information content (AvgIpc) is 3.18. The summed E-state index contributed by atoms with van der Waals surface area (Å²) in [5.41, 5.74) is 1.99. The van der Waals surface area contributed by atoms with E-state index in [-0.39, 0.29) is 5.91 Å². The second kappa shape index (κ2) is 9.08. The number of rotatable bonds is 8. The molecule has 0 saturated heterocycles. The first-order valence-electron chi connectivity index (χ1n) is 8.32. The van der Waals surface area contributed by atoms with Gasteiger partial charge in [0.2, 0.25) is 0 Å². The SMILES string of the molecule is O=C(NCCCn1ccnc1)c1ccccc1SCc1ccccc1. The lowest BCUT2D eigenvalue weighted by atomic mass is 10.2. The van der Waals surface area contributed by atoms with Crippen molar-refractivity contribution in [2.45, 2.75) is 23.6 Å². The highest BCUT2D eigenvalue weighted by molar-refractivity contribution is 7.98. The van der Waals surface area contributed by atoms with Gasteiger partial charge in [-0.05, 0) is 24.1 Å². The third-order valence-electron chi connectivity index (χ3n) is 3.81. The van der Waals surface area contributed by atoms with E-state index < -0.39 is 0 Å². The predicted molar refractivity (Wildman–Crippen MR) is 102 cm³/mol. The van der Waals surface area contributed by atoms with Gasteiger partial charge in [0, 0.05) is 36.1 Å². The molecule has 0 radical (unpaired) electrons. The van der Waals surface area contributed by atoms with Crippen molar-refractivity contribution in [3.05, 3.63) is 84.4 Å². The van der Waals surface area contributed by atoms with Crippen LogP contribution in [0.4, 0.5) is 0 Å². The highest BCUT2D eigenvalue weighted by atomic mass is 32.2. The van der Waals surface area contributed by atoms with E-state index in [1.807, 2.05) is 53.2 Å². The van der Waals surface area contributed by atoms with Gasteiger partial charge in [-0.3, -0.25) is 4.79 Å². The lowest BCUT2D eigenvalue weighted by Gasteiger charge is -2.10. The van der Waals surface area contributed by atoms with Crippen LogP contribution in [0.25, 0.3) is 0 Å². The van der Waals surface area contributed by atoms with Gasteiger partial charge in [0.1, 0.15) is 0 Å². The number of carbonyl (C=O) groups is 1. The number of amides is 1. The van der Waals surface area contributed by atoms with E-state index in [4.69, 9.17) is 0 Å². The number of aryl methyl sites for hydroxylation is 1. The smallest absolute Gasteiger partial charge is 0.252 e. The zero-order valence-corrected chi connectivity index (χ0v) is 14.8. The van der Waals surface area contributed by atoms with Gasteiger partial charge in [0.15, 0.2) is 0 Å². The molecule has 0 unspecified atom stereocenters. The minimum absolute atomic E-state index is 0.0122. The van der Waals surface area contributed by atoms with E-state index in [1.165, 1.54) is 5.56 Å². The van der Waals surface area contributed by atoms with Crippen LogP contribution in [0.1, 0.15) is 22.3 Å². The first-order valence-corrected chi connectivity index (χ1v) is 9.31. The quantitative estimate of drug-likeness (QED) is 0.493. The van der Waals surface area contributed by atoms with Gasteiger partial charge < -0.3 is 9.88 Å². The van der Waals surface area contributed by atoms with Crippen molar-refractivity contribution in [2.75, 3.05) is 6.54 Å². The molecule has 0 bridgehead atoms. The standard InChI is InChI=1S/C20H21N3OS/c24-20(22-11-6-13-23-14-12-21-16-23)18-9-4-5-10-19(18)25-15-17-7-2-1-3-8-17/h1-5,7-10,12,14,16H,6,11,13,15H2,(H,22,24). The molecular formula is C20H21N3OS. The summed E-state index contributed by atoms with van der Waals surface area (Å²) in [7, 11) is 0. The molecule has 1 N–H and O–H groups in total. The minimum Gasteiger partial charge on any atom is -0.352 e. The van der Waals surface area contributed by atoms with Crippen molar-refractivity contribution in [3.8, 4) is 0 Å². The maximum Gasteiger partial charge on any atom is 0.252 e. The summed E-state index contributed by atoms with van der Waals surface area (Å²) in [5.74, 6) is 0.841. The molecule has 0 aliphatic heterocycles. The van der Waals surface area contributed by atoms with Crippen LogP contribution in [-0.2, 0) is 12.3 Å². The van der Waals surface area contributed by atoms with Crippen LogP contribution in [-0.4, -0.2) is 22.0 Å². The number of nitrogens with one attached hydrogen (secondary N) is 1. The number of aromatic nitrogens is 2. The maximum atomic E-state index is 12.5. The summed E-state index contributed by atoms with van der Waals surface area (Å²) in [6, 6.07) is 18.1. The van der Waals surface area contributed by atoms with Gasteiger partial charge >= 0.3 is 0 Å². The van der Waals surface area contributed by atoms with Crippen molar-refractivity contribution in [3.63, 3.8) is 0 Å². The lowest BCUT2D eigenvalue weighted by molar-refractivity contribution is 0.0950. The molecule has 1 heterocycles. The van der Waals surface area contributed by atoms with Gasteiger partial charge in [-0.1, -0.05) is 42.5 Å². The fourth-order valence-corrected chi connectivity index (χ4v) is 3.50. The molecule has 0 spiro atoms. The van der Waals surface area contributed by atoms with E-state index in [2.05, 4.69) is 22.4 Å². The summed E-state index contributed by atoms with van der Waals surface area (Å²) in [6.07, 6.45) is 6.36. The van der Waals surface area contributed by atoms with Crippen molar-refractivity contribution in [2.24, 2.45) is 0 Å². The number of nitrogens with zero attached hydrogens (tertiary/aromatic N) is 2. The molecule has 5 heteroatoms. The van der Waals surface area contributed by atoms with Crippen molar-refractivity contribution in [1.82, 2.24) is 14.9 Å². The highest BCUT2D eigenvalue weighted by Gasteiger charge is 2.10. The lowest BCUT2D eigenvalue weighted by Crippen LogP contribution is -2.25. The van der Waals surface area contributed by atoms with Crippen LogP contribution in [0.2, 0.25) is 0 Å². The van der Waals surface area contributed by atoms with Crippen LogP contribution >= 0.6 is 11.8 Å². The van der Waals surface area contributed by atoms with Crippen molar-refractivity contribution < 1.29 is 4.79 Å². The molecule has 1 amide bonds. The van der Waals surface area contributed by atoms with Gasteiger partial charge in [0.05, 0.1) is 11.9 Å². The first kappa shape index (κ1) is 17.3. The maximum absolute atomic E-state index is 12.5. The second-order valence-corrected chi connectivity index (χ2v) is 6.70. The predicted octanol–water partition coefficient (Wildman–Crippen LogP) is 4.00. The fourth-order valence-electron chi connectivity index (χ4n) is 2.49. The van der Waals surface area contributed by atoms with E-state index in [9.17, 15) is 4.79 Å². The Balaban J connectivity index is 1.53. The molecule has 2 aromatic carbocycles. The molecule has 0 aliphatic carbocycles. The van der Waals surface area contributed by atoms with Crippen LogP contribution in [0.5, 0.6) is 0 Å². The Bertz CT molecular complexity index is 788. The molecule has 4 nitrogen and oxygen atoms in total. The zero-order valence-electron chi connectivity index (χ0n) is 14.0. The summed E-state index contributed by atoms with van der Waals surface area (Å²) in [4.78, 5) is 17.5. The Morgan fingerprint density at radius 2 is 1.88 bits per heavy atom. The molecule has 0 aliphatic rings. The minimum atomic E-state index is -0.0122. The summed E-state index contributed by atoms with van der Waals surface area (Å²) < 4.78 is 2.01. The Morgan fingerprint density at radius 1 is 1.08 bits per heavy atom. The average molecular weight is 351 g/mol. The normalized spacial score (nSPS) is 10.6. The van der Waals surface area contributed by atoms with E-state index in [0.717, 1.165) is 29.2 Å². The van der Waals surface area contributed by atoms with Crippen LogP contribution < -0.4 is 5.32 Å². The summed E-state index contributed by atoms with van der Waals surface area (Å²) >= 11 is 1.69. The summed E-state index contributed by atoms with van der Waals surface area (Å²) in [6.45, 7) is 1.50. The number of thioether (sulfide) groups is 1. The Hall–Kier alpha value is -2.53. The Labute approximate surface area is 152 Å². The second-order valence-electron chi connectivity index (χ2n) is 5.68. The third kappa shape index (κ3) is 5.22. The molecule has 3 rings (SSSR count). The molecule has 0 fully saturated rings. The van der Waals surface area contributed by atoms with Gasteiger partial charge in [-0.25, -0.2) is 4.98 Å². The molecule has 3 aromatic rings. The highest BCUT2D eigenvalue weighted by Crippen LogP contribution is 2.26. The van der Waals surface area contributed by atoms with Gasteiger partial charge in [-0.2, -0.15) is 0 Å². The molecule has 0 atom stereocenters. The molecule has 25 heavy (non-hydrogen) atoms. The summed E-state index contributed by atoms with van der Waals surface area (Å²) in [5, 5.41) is 3.01. The third-order valence-corrected chi connectivity index (χ3v) is 4.95. The van der Waals surface area contributed by atoms with Crippen LogP contribution in [0, 0.1) is 0 Å². The number of imidazole rings is 1. The van der Waals surface area contributed by atoms with Crippen LogP contribution in [0.15, 0.2) is 78.2 Å². The number of benzene rings is 2. The van der Waals surface area contributed by atoms with Gasteiger partial charge in [-0.15, -0.1) is 11.8 Å². The monoisotopic (exact) mass is 351 g/mol. The molecule has 0 saturated carbocycles. The Kier molecular flexibility index (Phi) is 6.29. The van der Waals surface area contributed by atoms with E-state index >= 15 is 0 Å². The number of hydrogen-bond donors (Lipinski definition) is 1. The number of carbonyl (C=O) groups excluding carboxylic acids is 1. The zero-order chi connectivity index (χ0) is 17.3. The van der Waals surface area contributed by atoms with Crippen molar-refractivity contribution in [1.29, 1.82) is 0 Å². The molecule has 128 valence electrons. The fraction of sp³-hybridized carbons (Fsp3) is 0.200.